The molecular formula is C16H21FN2O3. The molecule has 6 heteroatoms. The molecule has 1 atom stereocenters. The largest absolute Gasteiger partial charge is 0.352 e. The quantitative estimate of drug-likeness (QED) is 0.822. The molecule has 0 fully saturated rings. The minimum Gasteiger partial charge on any atom is -0.352 e. The highest BCUT2D eigenvalue weighted by atomic mass is 19.1. The smallest absolute Gasteiger partial charge is 0.319 e. The maximum absolute atomic E-state index is 13.2. The molecule has 0 aliphatic carbocycles. The van der Waals surface area contributed by atoms with Crippen LogP contribution in [0, 0.1) is 11.7 Å². The van der Waals surface area contributed by atoms with Crippen LogP contribution in [0.3, 0.4) is 0 Å². The van der Waals surface area contributed by atoms with Gasteiger partial charge in [0.1, 0.15) is 5.82 Å². The van der Waals surface area contributed by atoms with E-state index in [2.05, 4.69) is 10.6 Å². The molecule has 120 valence electrons. The van der Waals surface area contributed by atoms with E-state index < -0.39 is 12.3 Å². The number of hydrogen-bond donors (Lipinski definition) is 2. The zero-order chi connectivity index (χ0) is 16.3. The lowest BCUT2D eigenvalue weighted by molar-refractivity contribution is -0.0802. The van der Waals surface area contributed by atoms with Gasteiger partial charge in [-0.1, -0.05) is 26.0 Å². The van der Waals surface area contributed by atoms with E-state index in [1.807, 2.05) is 13.8 Å². The zero-order valence-electron chi connectivity index (χ0n) is 13.1. The minimum absolute atomic E-state index is 0.0804. The maximum Gasteiger partial charge on any atom is 0.319 e. The highest BCUT2D eigenvalue weighted by Crippen LogP contribution is 2.33. The SMILES string of the molecule is COC(OC)C1=C(C(C)C)NC(=O)NC1c1ccc(F)cc1. The van der Waals surface area contributed by atoms with Crippen LogP contribution in [-0.4, -0.2) is 26.5 Å². The van der Waals surface area contributed by atoms with Crippen molar-refractivity contribution < 1.29 is 18.7 Å². The van der Waals surface area contributed by atoms with E-state index in [9.17, 15) is 9.18 Å². The van der Waals surface area contributed by atoms with Crippen molar-refractivity contribution in [3.05, 3.63) is 46.9 Å². The number of rotatable bonds is 5. The highest BCUT2D eigenvalue weighted by molar-refractivity contribution is 5.79. The molecule has 0 aromatic heterocycles. The van der Waals surface area contributed by atoms with Crippen LogP contribution < -0.4 is 10.6 Å². The molecule has 1 heterocycles. The fourth-order valence-corrected chi connectivity index (χ4v) is 2.60. The molecule has 0 saturated heterocycles. The summed E-state index contributed by atoms with van der Waals surface area (Å²) in [5.41, 5.74) is 2.31. The maximum atomic E-state index is 13.2. The highest BCUT2D eigenvalue weighted by Gasteiger charge is 2.34. The lowest BCUT2D eigenvalue weighted by atomic mass is 9.91. The summed E-state index contributed by atoms with van der Waals surface area (Å²) in [5.74, 6) is -0.245. The van der Waals surface area contributed by atoms with Gasteiger partial charge in [0.2, 0.25) is 0 Å². The first-order valence-corrected chi connectivity index (χ1v) is 7.10. The number of hydrogen-bond acceptors (Lipinski definition) is 3. The fourth-order valence-electron chi connectivity index (χ4n) is 2.60. The number of nitrogens with one attached hydrogen (secondary N) is 2. The number of carbonyl (C=O) groups is 1. The molecule has 0 radical (unpaired) electrons. The number of halogens is 1. The Morgan fingerprint density at radius 1 is 1.14 bits per heavy atom. The Bertz CT molecular complexity index is 565. The number of benzene rings is 1. The van der Waals surface area contributed by atoms with E-state index in [-0.39, 0.29) is 17.8 Å². The molecule has 1 aliphatic heterocycles. The molecule has 2 N–H and O–H groups in total. The number of urea groups is 1. The number of methoxy groups -OCH3 is 2. The van der Waals surface area contributed by atoms with Crippen LogP contribution in [0.4, 0.5) is 9.18 Å². The van der Waals surface area contributed by atoms with E-state index in [1.54, 1.807) is 12.1 Å². The van der Waals surface area contributed by atoms with Crippen molar-refractivity contribution in [3.8, 4) is 0 Å². The molecule has 1 aliphatic rings. The van der Waals surface area contributed by atoms with Crippen molar-refractivity contribution in [1.82, 2.24) is 10.6 Å². The summed E-state index contributed by atoms with van der Waals surface area (Å²) >= 11 is 0. The summed E-state index contributed by atoms with van der Waals surface area (Å²) in [6, 6.07) is 5.29. The molecule has 2 amide bonds. The van der Waals surface area contributed by atoms with E-state index in [4.69, 9.17) is 9.47 Å². The second-order valence-electron chi connectivity index (χ2n) is 5.41. The van der Waals surface area contributed by atoms with Gasteiger partial charge in [-0.2, -0.15) is 0 Å². The Labute approximate surface area is 129 Å². The van der Waals surface area contributed by atoms with Gasteiger partial charge in [-0.15, -0.1) is 0 Å². The van der Waals surface area contributed by atoms with Crippen molar-refractivity contribution >= 4 is 6.03 Å². The van der Waals surface area contributed by atoms with Gasteiger partial charge in [-0.05, 0) is 23.6 Å². The monoisotopic (exact) mass is 308 g/mol. The van der Waals surface area contributed by atoms with Crippen LogP contribution in [0.2, 0.25) is 0 Å². The molecule has 22 heavy (non-hydrogen) atoms. The van der Waals surface area contributed by atoms with Gasteiger partial charge in [-0.3, -0.25) is 0 Å². The summed E-state index contributed by atoms with van der Waals surface area (Å²) in [4.78, 5) is 12.0. The molecule has 0 saturated carbocycles. The van der Waals surface area contributed by atoms with Crippen molar-refractivity contribution in [3.63, 3.8) is 0 Å². The van der Waals surface area contributed by atoms with Gasteiger partial charge in [0, 0.05) is 25.5 Å². The van der Waals surface area contributed by atoms with Gasteiger partial charge < -0.3 is 20.1 Å². The van der Waals surface area contributed by atoms with Crippen molar-refractivity contribution in [2.75, 3.05) is 14.2 Å². The van der Waals surface area contributed by atoms with Crippen LogP contribution in [0.5, 0.6) is 0 Å². The summed E-state index contributed by atoms with van der Waals surface area (Å²) in [5, 5.41) is 5.67. The minimum atomic E-state index is -0.611. The first kappa shape index (κ1) is 16.5. The van der Waals surface area contributed by atoms with Gasteiger partial charge >= 0.3 is 6.03 Å². The zero-order valence-corrected chi connectivity index (χ0v) is 13.1. The Morgan fingerprint density at radius 3 is 2.23 bits per heavy atom. The number of carbonyl (C=O) groups excluding carboxylic acids is 1. The van der Waals surface area contributed by atoms with Gasteiger partial charge in [0.25, 0.3) is 0 Å². The van der Waals surface area contributed by atoms with Crippen molar-refractivity contribution in [1.29, 1.82) is 0 Å². The van der Waals surface area contributed by atoms with Gasteiger partial charge in [0.15, 0.2) is 6.29 Å². The van der Waals surface area contributed by atoms with Crippen LogP contribution in [0.15, 0.2) is 35.5 Å². The third-order valence-electron chi connectivity index (χ3n) is 3.61. The molecule has 0 spiro atoms. The number of allylic oxidation sites excluding steroid dienone is 1. The number of ether oxygens (including phenoxy) is 2. The first-order chi connectivity index (χ1) is 10.5. The predicted molar refractivity (Wildman–Crippen MR) is 80.5 cm³/mol. The lowest BCUT2D eigenvalue weighted by Gasteiger charge is -2.35. The Balaban J connectivity index is 2.54. The van der Waals surface area contributed by atoms with Crippen molar-refractivity contribution in [2.45, 2.75) is 26.2 Å². The standard InChI is InChI=1S/C16H21FN2O3/c1-9(2)13-12(15(21-3)22-4)14(19-16(20)18-13)10-5-7-11(17)8-6-10/h5-9,14-15H,1-4H3,(H2,18,19,20). The van der Waals surface area contributed by atoms with E-state index in [0.29, 0.717) is 0 Å². The Morgan fingerprint density at radius 2 is 1.73 bits per heavy atom. The van der Waals surface area contributed by atoms with Gasteiger partial charge in [0.05, 0.1) is 6.04 Å². The Hall–Kier alpha value is -1.92. The fraction of sp³-hybridized carbons (Fsp3) is 0.438. The predicted octanol–water partition coefficient (Wildman–Crippen LogP) is 2.71. The third kappa shape index (κ3) is 3.28. The summed E-state index contributed by atoms with van der Waals surface area (Å²) < 4.78 is 23.9. The van der Waals surface area contributed by atoms with Gasteiger partial charge in [-0.25, -0.2) is 9.18 Å². The normalized spacial score (nSPS) is 18.7. The second-order valence-corrected chi connectivity index (χ2v) is 5.41. The second kappa shape index (κ2) is 6.89. The molecule has 1 aromatic rings. The topological polar surface area (TPSA) is 59.6 Å². The van der Waals surface area contributed by atoms with Crippen molar-refractivity contribution in [2.24, 2.45) is 5.92 Å². The van der Waals surface area contributed by atoms with E-state index in [0.717, 1.165) is 16.8 Å². The van der Waals surface area contributed by atoms with Crippen LogP contribution in [-0.2, 0) is 9.47 Å². The Kier molecular flexibility index (Phi) is 5.15. The van der Waals surface area contributed by atoms with Crippen LogP contribution in [0.25, 0.3) is 0 Å². The summed E-state index contributed by atoms with van der Waals surface area (Å²) in [7, 11) is 3.08. The number of amides is 2. The van der Waals surface area contributed by atoms with E-state index >= 15 is 0 Å². The van der Waals surface area contributed by atoms with E-state index in [1.165, 1.54) is 26.4 Å². The van der Waals surface area contributed by atoms with Crippen LogP contribution >= 0.6 is 0 Å². The third-order valence-corrected chi connectivity index (χ3v) is 3.61. The lowest BCUT2D eigenvalue weighted by Crippen LogP contribution is -2.48. The summed E-state index contributed by atoms with van der Waals surface area (Å²) in [6.45, 7) is 3.95. The average Bonchev–Trinajstić information content (AvgIpc) is 2.50. The first-order valence-electron chi connectivity index (χ1n) is 7.10. The molecule has 5 nitrogen and oxygen atoms in total. The summed E-state index contributed by atoms with van der Waals surface area (Å²) in [6.07, 6.45) is -0.611. The molecule has 1 aromatic carbocycles. The molecule has 0 bridgehead atoms. The molecule has 1 unspecified atom stereocenters. The molecule has 2 rings (SSSR count). The van der Waals surface area contributed by atoms with Crippen LogP contribution in [0.1, 0.15) is 25.5 Å². The molecular weight excluding hydrogens is 287 g/mol. The average molecular weight is 308 g/mol.